The van der Waals surface area contributed by atoms with E-state index in [0.717, 1.165) is 5.56 Å². The maximum absolute atomic E-state index is 12.3. The predicted molar refractivity (Wildman–Crippen MR) is 89.3 cm³/mol. The Kier molecular flexibility index (Phi) is 5.05. The van der Waals surface area contributed by atoms with E-state index >= 15 is 0 Å². The molecule has 1 heterocycles. The number of carbonyl (C=O) groups excluding carboxylic acids is 1. The maximum Gasteiger partial charge on any atom is 0.267 e. The van der Waals surface area contributed by atoms with Crippen molar-refractivity contribution in [3.8, 4) is 5.75 Å². The lowest BCUT2D eigenvalue weighted by molar-refractivity contribution is -0.119. The molecule has 23 heavy (non-hydrogen) atoms. The van der Waals surface area contributed by atoms with E-state index in [9.17, 15) is 9.59 Å². The Bertz CT molecular complexity index is 802. The van der Waals surface area contributed by atoms with Crippen molar-refractivity contribution in [3.63, 3.8) is 0 Å². The molecule has 0 aliphatic heterocycles. The Morgan fingerprint density at radius 3 is 2.65 bits per heavy atom. The van der Waals surface area contributed by atoms with E-state index in [1.54, 1.807) is 39.0 Å². The molecule has 0 fully saturated rings. The van der Waals surface area contributed by atoms with E-state index in [1.165, 1.54) is 17.9 Å². The third-order valence-corrected chi connectivity index (χ3v) is 3.86. The maximum atomic E-state index is 12.3. The van der Waals surface area contributed by atoms with Crippen LogP contribution in [0.15, 0.2) is 29.1 Å². The minimum absolute atomic E-state index is 0.316. The smallest absolute Gasteiger partial charge is 0.267 e. The summed E-state index contributed by atoms with van der Waals surface area (Å²) in [7, 11) is 1.51. The van der Waals surface area contributed by atoms with Crippen molar-refractivity contribution in [2.45, 2.75) is 26.8 Å². The zero-order valence-corrected chi connectivity index (χ0v) is 14.1. The highest BCUT2D eigenvalue weighted by molar-refractivity contribution is 6.32. The second kappa shape index (κ2) is 6.83. The SMILES string of the molecule is COc1ccc(NC(=O)C(C)n2nc(C)c(C)cc2=O)cc1Cl. The average molecular weight is 336 g/mol. The van der Waals surface area contributed by atoms with Crippen molar-refractivity contribution < 1.29 is 9.53 Å². The number of nitrogens with one attached hydrogen (secondary N) is 1. The number of rotatable bonds is 4. The molecular weight excluding hydrogens is 318 g/mol. The fourth-order valence-electron chi connectivity index (χ4n) is 2.02. The predicted octanol–water partition coefficient (Wildman–Crippen LogP) is 2.72. The van der Waals surface area contributed by atoms with Crippen molar-refractivity contribution in [1.82, 2.24) is 9.78 Å². The first-order chi connectivity index (χ1) is 10.8. The molecule has 2 rings (SSSR count). The van der Waals surface area contributed by atoms with E-state index in [-0.39, 0.29) is 11.5 Å². The van der Waals surface area contributed by atoms with Gasteiger partial charge in [0.15, 0.2) is 0 Å². The fourth-order valence-corrected chi connectivity index (χ4v) is 2.28. The van der Waals surface area contributed by atoms with Gasteiger partial charge in [0.1, 0.15) is 11.8 Å². The van der Waals surface area contributed by atoms with Gasteiger partial charge in [-0.15, -0.1) is 0 Å². The second-order valence-corrected chi connectivity index (χ2v) is 5.62. The van der Waals surface area contributed by atoms with Gasteiger partial charge in [0, 0.05) is 11.8 Å². The zero-order chi connectivity index (χ0) is 17.1. The number of amides is 1. The van der Waals surface area contributed by atoms with Crippen LogP contribution in [0.25, 0.3) is 0 Å². The summed E-state index contributed by atoms with van der Waals surface area (Å²) in [6.45, 7) is 5.21. The van der Waals surface area contributed by atoms with Crippen LogP contribution in [0.3, 0.4) is 0 Å². The number of halogens is 1. The number of anilines is 1. The third kappa shape index (κ3) is 3.71. The molecule has 2 aromatic rings. The summed E-state index contributed by atoms with van der Waals surface area (Å²) < 4.78 is 6.23. The minimum atomic E-state index is -0.748. The normalized spacial score (nSPS) is 11.9. The number of benzene rings is 1. The zero-order valence-electron chi connectivity index (χ0n) is 13.4. The Morgan fingerprint density at radius 2 is 2.04 bits per heavy atom. The molecule has 0 saturated heterocycles. The lowest BCUT2D eigenvalue weighted by Gasteiger charge is -2.15. The summed E-state index contributed by atoms with van der Waals surface area (Å²) in [6.07, 6.45) is 0. The monoisotopic (exact) mass is 335 g/mol. The van der Waals surface area contributed by atoms with Crippen molar-refractivity contribution in [2.75, 3.05) is 12.4 Å². The van der Waals surface area contributed by atoms with Gasteiger partial charge in [-0.2, -0.15) is 5.10 Å². The second-order valence-electron chi connectivity index (χ2n) is 5.21. The molecule has 1 atom stereocenters. The van der Waals surface area contributed by atoms with Gasteiger partial charge in [0.2, 0.25) is 5.91 Å². The summed E-state index contributed by atoms with van der Waals surface area (Å²) in [6, 6.07) is 5.63. The van der Waals surface area contributed by atoms with Crippen LogP contribution < -0.4 is 15.6 Å². The highest BCUT2D eigenvalue weighted by Crippen LogP contribution is 2.27. The first-order valence-electron chi connectivity index (χ1n) is 7.05. The van der Waals surface area contributed by atoms with Gasteiger partial charge < -0.3 is 10.1 Å². The summed E-state index contributed by atoms with van der Waals surface area (Å²) in [5.74, 6) is 0.161. The van der Waals surface area contributed by atoms with Crippen molar-refractivity contribution in [2.24, 2.45) is 0 Å². The van der Waals surface area contributed by atoms with Crippen LogP contribution in [-0.4, -0.2) is 22.8 Å². The quantitative estimate of drug-likeness (QED) is 0.932. The summed E-state index contributed by atoms with van der Waals surface area (Å²) in [5, 5.41) is 7.28. The molecule has 0 radical (unpaired) electrons. The highest BCUT2D eigenvalue weighted by Gasteiger charge is 2.18. The number of ether oxygens (including phenoxy) is 1. The van der Waals surface area contributed by atoms with Crippen LogP contribution >= 0.6 is 11.6 Å². The Balaban J connectivity index is 2.22. The number of hydrogen-bond donors (Lipinski definition) is 1. The molecule has 122 valence electrons. The van der Waals surface area contributed by atoms with Gasteiger partial charge in [-0.05, 0) is 44.5 Å². The molecule has 7 heteroatoms. The van der Waals surface area contributed by atoms with Crippen LogP contribution in [0.2, 0.25) is 5.02 Å². The fraction of sp³-hybridized carbons (Fsp3) is 0.312. The Labute approximate surface area is 139 Å². The van der Waals surface area contributed by atoms with Crippen LogP contribution in [-0.2, 0) is 4.79 Å². The van der Waals surface area contributed by atoms with Gasteiger partial charge in [0.05, 0.1) is 17.8 Å². The first-order valence-corrected chi connectivity index (χ1v) is 7.42. The number of aromatic nitrogens is 2. The number of nitrogens with zero attached hydrogens (tertiary/aromatic N) is 2. The van der Waals surface area contributed by atoms with E-state index in [1.807, 2.05) is 0 Å². The molecule has 0 saturated carbocycles. The topological polar surface area (TPSA) is 73.2 Å². The molecule has 1 amide bonds. The molecule has 0 aliphatic carbocycles. The average Bonchev–Trinajstić information content (AvgIpc) is 2.50. The summed E-state index contributed by atoms with van der Waals surface area (Å²) in [4.78, 5) is 24.4. The van der Waals surface area contributed by atoms with Gasteiger partial charge in [-0.3, -0.25) is 9.59 Å². The minimum Gasteiger partial charge on any atom is -0.495 e. The first kappa shape index (κ1) is 17.0. The van der Waals surface area contributed by atoms with Crippen molar-refractivity contribution in [3.05, 3.63) is 50.9 Å². The van der Waals surface area contributed by atoms with Gasteiger partial charge in [-0.1, -0.05) is 11.6 Å². The van der Waals surface area contributed by atoms with E-state index in [0.29, 0.717) is 22.2 Å². The lowest BCUT2D eigenvalue weighted by atomic mass is 10.2. The lowest BCUT2D eigenvalue weighted by Crippen LogP contribution is -2.33. The molecule has 0 spiro atoms. The Morgan fingerprint density at radius 1 is 1.35 bits per heavy atom. The van der Waals surface area contributed by atoms with Crippen LogP contribution in [0.4, 0.5) is 5.69 Å². The number of aryl methyl sites for hydroxylation is 2. The molecule has 1 aromatic carbocycles. The van der Waals surface area contributed by atoms with E-state index in [4.69, 9.17) is 16.3 Å². The molecule has 1 aromatic heterocycles. The Hall–Kier alpha value is -2.34. The van der Waals surface area contributed by atoms with Gasteiger partial charge in [-0.25, -0.2) is 4.68 Å². The largest absolute Gasteiger partial charge is 0.495 e. The van der Waals surface area contributed by atoms with Crippen LogP contribution in [0.1, 0.15) is 24.2 Å². The molecule has 0 aliphatic rings. The third-order valence-electron chi connectivity index (χ3n) is 3.56. The van der Waals surface area contributed by atoms with E-state index < -0.39 is 6.04 Å². The summed E-state index contributed by atoms with van der Waals surface area (Å²) in [5.41, 5.74) is 1.70. The van der Waals surface area contributed by atoms with Crippen LogP contribution in [0, 0.1) is 13.8 Å². The standard InChI is InChI=1S/C16H18ClN3O3/c1-9-7-15(21)20(19-10(9)2)11(3)16(22)18-12-5-6-14(23-4)13(17)8-12/h5-8,11H,1-4H3,(H,18,22). The number of methoxy groups -OCH3 is 1. The highest BCUT2D eigenvalue weighted by atomic mass is 35.5. The van der Waals surface area contributed by atoms with Gasteiger partial charge >= 0.3 is 0 Å². The summed E-state index contributed by atoms with van der Waals surface area (Å²) >= 11 is 6.03. The molecular formula is C16H18ClN3O3. The molecule has 6 nitrogen and oxygen atoms in total. The van der Waals surface area contributed by atoms with E-state index in [2.05, 4.69) is 10.4 Å². The number of carbonyl (C=O) groups is 1. The molecule has 0 bridgehead atoms. The van der Waals surface area contributed by atoms with Crippen molar-refractivity contribution >= 4 is 23.2 Å². The number of hydrogen-bond acceptors (Lipinski definition) is 4. The van der Waals surface area contributed by atoms with Crippen LogP contribution in [0.5, 0.6) is 5.75 Å². The van der Waals surface area contributed by atoms with Crippen molar-refractivity contribution in [1.29, 1.82) is 0 Å². The molecule has 1 N–H and O–H groups in total. The molecule has 1 unspecified atom stereocenters. The van der Waals surface area contributed by atoms with Gasteiger partial charge in [0.25, 0.3) is 5.56 Å².